The number of hydrogen-bond donors (Lipinski definition) is 1. The van der Waals surface area contributed by atoms with Gasteiger partial charge in [-0.05, 0) is 18.1 Å². The zero-order chi connectivity index (χ0) is 12.4. The SMILES string of the molecule is CC(C)CNC(=O)c1ccc2cn(C)nc2c1. The van der Waals surface area contributed by atoms with Crippen molar-refractivity contribution in [2.24, 2.45) is 13.0 Å². The number of aromatic nitrogens is 2. The molecular weight excluding hydrogens is 214 g/mol. The van der Waals surface area contributed by atoms with Crippen LogP contribution >= 0.6 is 0 Å². The number of carbonyl (C=O) groups is 1. The fraction of sp³-hybridized carbons (Fsp3) is 0.385. The summed E-state index contributed by atoms with van der Waals surface area (Å²) in [5, 5.41) is 8.23. The molecule has 0 aliphatic heterocycles. The molecule has 1 aromatic carbocycles. The van der Waals surface area contributed by atoms with E-state index in [2.05, 4.69) is 24.3 Å². The van der Waals surface area contributed by atoms with Crippen LogP contribution in [0.1, 0.15) is 24.2 Å². The van der Waals surface area contributed by atoms with E-state index in [1.807, 2.05) is 31.4 Å². The van der Waals surface area contributed by atoms with Gasteiger partial charge in [-0.1, -0.05) is 19.9 Å². The van der Waals surface area contributed by atoms with Crippen LogP contribution in [0, 0.1) is 5.92 Å². The summed E-state index contributed by atoms with van der Waals surface area (Å²) in [6.07, 6.45) is 1.94. The van der Waals surface area contributed by atoms with Gasteiger partial charge in [-0.3, -0.25) is 9.48 Å². The first-order chi connectivity index (χ1) is 8.06. The molecule has 0 saturated heterocycles. The van der Waals surface area contributed by atoms with Crippen LogP contribution in [0.5, 0.6) is 0 Å². The summed E-state index contributed by atoms with van der Waals surface area (Å²) in [4.78, 5) is 11.9. The smallest absolute Gasteiger partial charge is 0.251 e. The van der Waals surface area contributed by atoms with E-state index in [4.69, 9.17) is 0 Å². The minimum Gasteiger partial charge on any atom is -0.352 e. The molecule has 0 bridgehead atoms. The molecule has 1 N–H and O–H groups in total. The normalized spacial score (nSPS) is 11.1. The van der Waals surface area contributed by atoms with E-state index in [1.54, 1.807) is 4.68 Å². The number of hydrogen-bond acceptors (Lipinski definition) is 2. The summed E-state index contributed by atoms with van der Waals surface area (Å²) in [5.41, 5.74) is 1.52. The minimum absolute atomic E-state index is 0.0359. The molecule has 0 saturated carbocycles. The number of aryl methyl sites for hydroxylation is 1. The second kappa shape index (κ2) is 4.57. The number of fused-ring (bicyclic) bond motifs is 1. The largest absolute Gasteiger partial charge is 0.352 e. The van der Waals surface area contributed by atoms with Crippen molar-refractivity contribution in [1.82, 2.24) is 15.1 Å². The van der Waals surface area contributed by atoms with Crippen LogP contribution in [0.4, 0.5) is 0 Å². The molecular formula is C13H17N3O. The first-order valence-corrected chi connectivity index (χ1v) is 5.78. The molecule has 2 aromatic rings. The van der Waals surface area contributed by atoms with Gasteiger partial charge in [0.25, 0.3) is 5.91 Å². The highest BCUT2D eigenvalue weighted by Gasteiger charge is 2.08. The Labute approximate surface area is 101 Å². The first-order valence-electron chi connectivity index (χ1n) is 5.78. The van der Waals surface area contributed by atoms with Crippen molar-refractivity contribution in [3.8, 4) is 0 Å². The van der Waals surface area contributed by atoms with E-state index in [9.17, 15) is 4.79 Å². The molecule has 0 spiro atoms. The molecule has 1 heterocycles. The Morgan fingerprint density at radius 3 is 2.94 bits per heavy atom. The average molecular weight is 231 g/mol. The summed E-state index contributed by atoms with van der Waals surface area (Å²) in [7, 11) is 1.87. The van der Waals surface area contributed by atoms with Gasteiger partial charge in [-0.2, -0.15) is 5.10 Å². The highest BCUT2D eigenvalue weighted by atomic mass is 16.1. The minimum atomic E-state index is -0.0359. The zero-order valence-electron chi connectivity index (χ0n) is 10.4. The molecule has 0 radical (unpaired) electrons. The summed E-state index contributed by atoms with van der Waals surface area (Å²) >= 11 is 0. The van der Waals surface area contributed by atoms with Gasteiger partial charge in [-0.15, -0.1) is 0 Å². The lowest BCUT2D eigenvalue weighted by atomic mass is 10.1. The fourth-order valence-electron chi connectivity index (χ4n) is 1.68. The van der Waals surface area contributed by atoms with Gasteiger partial charge in [0.2, 0.25) is 0 Å². The average Bonchev–Trinajstić information content (AvgIpc) is 2.64. The fourth-order valence-corrected chi connectivity index (χ4v) is 1.68. The highest BCUT2D eigenvalue weighted by Crippen LogP contribution is 2.13. The van der Waals surface area contributed by atoms with E-state index in [-0.39, 0.29) is 5.91 Å². The van der Waals surface area contributed by atoms with Gasteiger partial charge in [0.15, 0.2) is 0 Å². The quantitative estimate of drug-likeness (QED) is 0.877. The molecule has 0 unspecified atom stereocenters. The van der Waals surface area contributed by atoms with Gasteiger partial charge >= 0.3 is 0 Å². The molecule has 0 atom stereocenters. The molecule has 4 nitrogen and oxygen atoms in total. The highest BCUT2D eigenvalue weighted by molar-refractivity contribution is 5.97. The third-order valence-corrected chi connectivity index (χ3v) is 2.55. The maximum absolute atomic E-state index is 11.9. The van der Waals surface area contributed by atoms with Gasteiger partial charge in [0.05, 0.1) is 5.52 Å². The third-order valence-electron chi connectivity index (χ3n) is 2.55. The number of rotatable bonds is 3. The summed E-state index contributed by atoms with van der Waals surface area (Å²) < 4.78 is 1.75. The Hall–Kier alpha value is -1.84. The molecule has 0 aliphatic rings. The maximum atomic E-state index is 11.9. The predicted octanol–water partition coefficient (Wildman–Crippen LogP) is 1.96. The zero-order valence-corrected chi connectivity index (χ0v) is 10.4. The lowest BCUT2D eigenvalue weighted by Crippen LogP contribution is -2.27. The lowest BCUT2D eigenvalue weighted by molar-refractivity contribution is 0.0949. The van der Waals surface area contributed by atoms with Crippen LogP contribution in [0.2, 0.25) is 0 Å². The van der Waals surface area contributed by atoms with Crippen molar-refractivity contribution in [3.63, 3.8) is 0 Å². The molecule has 1 amide bonds. The Bertz CT molecular complexity index is 543. The van der Waals surface area contributed by atoms with E-state index >= 15 is 0 Å². The first kappa shape index (κ1) is 11.6. The van der Waals surface area contributed by atoms with E-state index in [1.165, 1.54) is 0 Å². The van der Waals surface area contributed by atoms with Crippen molar-refractivity contribution in [2.75, 3.05) is 6.54 Å². The van der Waals surface area contributed by atoms with Gasteiger partial charge in [0.1, 0.15) is 0 Å². The van der Waals surface area contributed by atoms with Crippen LogP contribution < -0.4 is 5.32 Å². The van der Waals surface area contributed by atoms with Crippen molar-refractivity contribution in [3.05, 3.63) is 30.0 Å². The summed E-state index contributed by atoms with van der Waals surface area (Å²) in [5.74, 6) is 0.420. The van der Waals surface area contributed by atoms with E-state index < -0.39 is 0 Å². The van der Waals surface area contributed by atoms with Gasteiger partial charge in [-0.25, -0.2) is 0 Å². The number of nitrogens with zero attached hydrogens (tertiary/aromatic N) is 2. The molecule has 1 aromatic heterocycles. The molecule has 2 rings (SSSR count). The Balaban J connectivity index is 2.20. The lowest BCUT2D eigenvalue weighted by Gasteiger charge is -2.07. The number of amides is 1. The maximum Gasteiger partial charge on any atom is 0.251 e. The standard InChI is InChI=1S/C13H17N3O/c1-9(2)7-14-13(17)10-4-5-11-8-16(3)15-12(11)6-10/h4-6,8-9H,7H2,1-3H3,(H,14,17). The summed E-state index contributed by atoms with van der Waals surface area (Å²) in [6.45, 7) is 4.84. The van der Waals surface area contributed by atoms with E-state index in [0.29, 0.717) is 18.0 Å². The predicted molar refractivity (Wildman–Crippen MR) is 67.9 cm³/mol. The molecule has 90 valence electrons. The topological polar surface area (TPSA) is 46.9 Å². The van der Waals surface area contributed by atoms with Crippen LogP contribution in [0.15, 0.2) is 24.4 Å². The second-order valence-electron chi connectivity index (χ2n) is 4.68. The van der Waals surface area contributed by atoms with Crippen LogP contribution in [-0.4, -0.2) is 22.2 Å². The van der Waals surface area contributed by atoms with Crippen LogP contribution in [-0.2, 0) is 7.05 Å². The summed E-state index contributed by atoms with van der Waals surface area (Å²) in [6, 6.07) is 5.58. The second-order valence-corrected chi connectivity index (χ2v) is 4.68. The van der Waals surface area contributed by atoms with Crippen molar-refractivity contribution in [2.45, 2.75) is 13.8 Å². The van der Waals surface area contributed by atoms with E-state index in [0.717, 1.165) is 10.9 Å². The van der Waals surface area contributed by atoms with Crippen molar-refractivity contribution in [1.29, 1.82) is 0 Å². The Morgan fingerprint density at radius 1 is 1.47 bits per heavy atom. The molecule has 0 fully saturated rings. The van der Waals surface area contributed by atoms with Crippen molar-refractivity contribution >= 4 is 16.8 Å². The van der Waals surface area contributed by atoms with Crippen molar-refractivity contribution < 1.29 is 4.79 Å². The molecule has 17 heavy (non-hydrogen) atoms. The van der Waals surface area contributed by atoms with Crippen LogP contribution in [0.3, 0.4) is 0 Å². The molecule has 4 heteroatoms. The number of nitrogens with one attached hydrogen (secondary N) is 1. The van der Waals surface area contributed by atoms with Gasteiger partial charge in [0, 0.05) is 30.7 Å². The monoisotopic (exact) mass is 231 g/mol. The Kier molecular flexibility index (Phi) is 3.13. The number of benzene rings is 1. The number of carbonyl (C=O) groups excluding carboxylic acids is 1. The molecule has 0 aliphatic carbocycles. The van der Waals surface area contributed by atoms with Gasteiger partial charge < -0.3 is 5.32 Å². The third kappa shape index (κ3) is 2.64. The Morgan fingerprint density at radius 2 is 2.24 bits per heavy atom. The van der Waals surface area contributed by atoms with Crippen LogP contribution in [0.25, 0.3) is 10.9 Å².